The minimum Gasteiger partial charge on any atom is -0.493 e. The Morgan fingerprint density at radius 2 is 1.96 bits per heavy atom. The van der Waals surface area contributed by atoms with Crippen molar-refractivity contribution in [1.82, 2.24) is 15.0 Å². The van der Waals surface area contributed by atoms with Crippen LogP contribution >= 0.6 is 0 Å². The molecule has 132 valence electrons. The molecule has 1 N–H and O–H groups in total. The van der Waals surface area contributed by atoms with Crippen LogP contribution in [0.15, 0.2) is 39.8 Å². The van der Waals surface area contributed by atoms with Crippen LogP contribution < -0.4 is 15.0 Å². The number of rotatable bonds is 6. The fourth-order valence-corrected chi connectivity index (χ4v) is 2.76. The number of ether oxygens (including phenoxy) is 2. The van der Waals surface area contributed by atoms with Gasteiger partial charge in [0.25, 0.3) is 5.56 Å². The summed E-state index contributed by atoms with van der Waals surface area (Å²) in [5.41, 5.74) is 2.07. The molecule has 0 amide bonds. The third kappa shape index (κ3) is 3.36. The minimum absolute atomic E-state index is 0.0271. The van der Waals surface area contributed by atoms with E-state index in [9.17, 15) is 4.79 Å². The third-order valence-corrected chi connectivity index (χ3v) is 4.39. The van der Waals surface area contributed by atoms with Gasteiger partial charge in [-0.25, -0.2) is 0 Å². The van der Waals surface area contributed by atoms with E-state index in [1.54, 1.807) is 26.5 Å². The van der Waals surface area contributed by atoms with E-state index in [1.165, 1.54) is 0 Å². The molecule has 2 heterocycles. The van der Waals surface area contributed by atoms with Gasteiger partial charge in [0.05, 0.1) is 25.8 Å². The number of pyridine rings is 1. The molecule has 0 saturated carbocycles. The molecule has 7 heteroatoms. The highest BCUT2D eigenvalue weighted by molar-refractivity contribution is 5.83. The Hall–Kier alpha value is -2.80. The van der Waals surface area contributed by atoms with E-state index in [0.29, 0.717) is 29.1 Å². The van der Waals surface area contributed by atoms with Crippen molar-refractivity contribution in [3.05, 3.63) is 52.1 Å². The predicted octanol–water partition coefficient (Wildman–Crippen LogP) is 2.73. The maximum atomic E-state index is 12.4. The average Bonchev–Trinajstić information content (AvgIpc) is 3.15. The monoisotopic (exact) mass is 343 g/mol. The molecule has 3 rings (SSSR count). The molecular weight excluding hydrogens is 322 g/mol. The Balaban J connectivity index is 1.93. The van der Waals surface area contributed by atoms with Gasteiger partial charge in [0.2, 0.25) is 0 Å². The molecular formula is C18H21N3O4. The maximum absolute atomic E-state index is 12.4. The van der Waals surface area contributed by atoms with Gasteiger partial charge in [-0.2, -0.15) is 0 Å². The summed E-state index contributed by atoms with van der Waals surface area (Å²) in [6.07, 6.45) is 1.54. The van der Waals surface area contributed by atoms with Gasteiger partial charge in [0.1, 0.15) is 12.0 Å². The second-order valence-electron chi connectivity index (χ2n) is 5.93. The van der Waals surface area contributed by atoms with Crippen LogP contribution in [0.25, 0.3) is 10.9 Å². The number of nitrogens with zero attached hydrogens (tertiary/aromatic N) is 2. The molecule has 0 saturated heterocycles. The summed E-state index contributed by atoms with van der Waals surface area (Å²) in [6, 6.07) is 7.35. The lowest BCUT2D eigenvalue weighted by Gasteiger charge is -2.22. The average molecular weight is 343 g/mol. The summed E-state index contributed by atoms with van der Waals surface area (Å²) in [4.78, 5) is 17.4. The molecule has 0 spiro atoms. The number of H-pyrrole nitrogens is 1. The summed E-state index contributed by atoms with van der Waals surface area (Å²) in [5.74, 6) is 1.20. The summed E-state index contributed by atoms with van der Waals surface area (Å²) in [5, 5.41) is 4.84. The van der Waals surface area contributed by atoms with Gasteiger partial charge in [0, 0.05) is 29.6 Å². The number of benzene rings is 1. The fourth-order valence-electron chi connectivity index (χ4n) is 2.76. The van der Waals surface area contributed by atoms with Gasteiger partial charge in [-0.05, 0) is 26.1 Å². The largest absolute Gasteiger partial charge is 0.493 e. The van der Waals surface area contributed by atoms with Crippen molar-refractivity contribution in [2.45, 2.75) is 19.5 Å². The zero-order valence-electron chi connectivity index (χ0n) is 14.7. The van der Waals surface area contributed by atoms with E-state index in [0.717, 1.165) is 11.1 Å². The number of methoxy groups -OCH3 is 2. The van der Waals surface area contributed by atoms with E-state index in [2.05, 4.69) is 10.1 Å². The Labute approximate surface area is 145 Å². The first-order valence-corrected chi connectivity index (χ1v) is 7.92. The van der Waals surface area contributed by atoms with E-state index >= 15 is 0 Å². The molecule has 1 aromatic carbocycles. The fraction of sp³-hybridized carbons (Fsp3) is 0.333. The lowest BCUT2D eigenvalue weighted by Crippen LogP contribution is -2.26. The van der Waals surface area contributed by atoms with Crippen LogP contribution in [0.1, 0.15) is 24.2 Å². The summed E-state index contributed by atoms with van der Waals surface area (Å²) >= 11 is 0. The third-order valence-electron chi connectivity index (χ3n) is 4.39. The number of nitrogens with one attached hydrogen (secondary N) is 1. The van der Waals surface area contributed by atoms with Crippen LogP contribution in [-0.2, 0) is 6.54 Å². The molecule has 7 nitrogen and oxygen atoms in total. The second kappa shape index (κ2) is 6.98. The van der Waals surface area contributed by atoms with Gasteiger partial charge in [-0.3, -0.25) is 9.69 Å². The van der Waals surface area contributed by atoms with Gasteiger partial charge in [-0.1, -0.05) is 5.16 Å². The van der Waals surface area contributed by atoms with Crippen LogP contribution in [0.3, 0.4) is 0 Å². The molecule has 0 aliphatic heterocycles. The summed E-state index contributed by atoms with van der Waals surface area (Å²) in [7, 11) is 5.09. The molecule has 1 atom stereocenters. The molecule has 1 unspecified atom stereocenters. The lowest BCUT2D eigenvalue weighted by atomic mass is 10.1. The quantitative estimate of drug-likeness (QED) is 0.741. The topological polar surface area (TPSA) is 80.6 Å². The standard InChI is InChI=1S/C18H21N3O4/c1-11(14-5-6-25-20-14)21(2)10-13-7-12-8-16(23-3)17(24-4)9-15(12)19-18(13)22/h5-9,11H,10H2,1-4H3,(H,19,22). The predicted molar refractivity (Wildman–Crippen MR) is 94.1 cm³/mol. The molecule has 0 fully saturated rings. The second-order valence-corrected chi connectivity index (χ2v) is 5.93. The van der Waals surface area contributed by atoms with Crippen molar-refractivity contribution in [2.75, 3.05) is 21.3 Å². The number of hydrogen-bond donors (Lipinski definition) is 1. The van der Waals surface area contributed by atoms with E-state index < -0.39 is 0 Å². The Morgan fingerprint density at radius 1 is 1.24 bits per heavy atom. The van der Waals surface area contributed by atoms with Gasteiger partial charge in [-0.15, -0.1) is 0 Å². The highest BCUT2D eigenvalue weighted by Gasteiger charge is 2.17. The lowest BCUT2D eigenvalue weighted by molar-refractivity contribution is 0.240. The first kappa shape index (κ1) is 17.0. The van der Waals surface area contributed by atoms with Crippen LogP contribution in [0.4, 0.5) is 0 Å². The minimum atomic E-state index is -0.126. The molecule has 3 aromatic rings. The van der Waals surface area contributed by atoms with Crippen molar-refractivity contribution >= 4 is 10.9 Å². The molecule has 0 bridgehead atoms. The summed E-state index contributed by atoms with van der Waals surface area (Å²) in [6.45, 7) is 2.49. The first-order chi connectivity index (χ1) is 12.0. The maximum Gasteiger partial charge on any atom is 0.252 e. The number of aromatic nitrogens is 2. The smallest absolute Gasteiger partial charge is 0.252 e. The summed E-state index contributed by atoms with van der Waals surface area (Å²) < 4.78 is 15.5. The number of aromatic amines is 1. The van der Waals surface area contributed by atoms with Gasteiger partial charge >= 0.3 is 0 Å². The first-order valence-electron chi connectivity index (χ1n) is 7.92. The number of fused-ring (bicyclic) bond motifs is 1. The van der Waals surface area contributed by atoms with E-state index in [1.807, 2.05) is 37.1 Å². The van der Waals surface area contributed by atoms with E-state index in [4.69, 9.17) is 14.0 Å². The normalized spacial score (nSPS) is 12.5. The van der Waals surface area contributed by atoms with Crippen LogP contribution in [0, 0.1) is 0 Å². The van der Waals surface area contributed by atoms with Crippen molar-refractivity contribution in [3.63, 3.8) is 0 Å². The Morgan fingerprint density at radius 3 is 2.60 bits per heavy atom. The molecule has 0 radical (unpaired) electrons. The number of hydrogen-bond acceptors (Lipinski definition) is 6. The Kier molecular flexibility index (Phi) is 4.76. The van der Waals surface area contributed by atoms with Crippen molar-refractivity contribution in [1.29, 1.82) is 0 Å². The molecule has 2 aromatic heterocycles. The Bertz CT molecular complexity index is 918. The van der Waals surface area contributed by atoms with Gasteiger partial charge in [0.15, 0.2) is 11.5 Å². The SMILES string of the molecule is COc1cc2cc(CN(C)C(C)c3ccon3)c(=O)[nH]c2cc1OC. The molecule has 0 aliphatic rings. The highest BCUT2D eigenvalue weighted by atomic mass is 16.5. The van der Waals surface area contributed by atoms with Gasteiger partial charge < -0.3 is 19.0 Å². The van der Waals surface area contributed by atoms with Crippen LogP contribution in [0.2, 0.25) is 0 Å². The van der Waals surface area contributed by atoms with Crippen molar-refractivity contribution < 1.29 is 14.0 Å². The molecule has 25 heavy (non-hydrogen) atoms. The highest BCUT2D eigenvalue weighted by Crippen LogP contribution is 2.31. The van der Waals surface area contributed by atoms with Crippen LogP contribution in [-0.4, -0.2) is 36.3 Å². The van der Waals surface area contributed by atoms with E-state index in [-0.39, 0.29) is 11.6 Å². The zero-order chi connectivity index (χ0) is 18.0. The van der Waals surface area contributed by atoms with Crippen molar-refractivity contribution in [2.24, 2.45) is 0 Å². The zero-order valence-corrected chi connectivity index (χ0v) is 14.7. The molecule has 0 aliphatic carbocycles. The van der Waals surface area contributed by atoms with Crippen LogP contribution in [0.5, 0.6) is 11.5 Å². The van der Waals surface area contributed by atoms with Crippen molar-refractivity contribution in [3.8, 4) is 11.5 Å².